The molecule has 102 valence electrons. The van der Waals surface area contributed by atoms with Crippen molar-refractivity contribution in [2.24, 2.45) is 7.05 Å². The number of nitrogens with zero attached hydrogens (tertiary/aromatic N) is 4. The van der Waals surface area contributed by atoms with E-state index in [0.29, 0.717) is 5.82 Å². The number of sulfonamides is 1. The van der Waals surface area contributed by atoms with Gasteiger partial charge < -0.3 is 0 Å². The van der Waals surface area contributed by atoms with Gasteiger partial charge in [0, 0.05) is 7.05 Å². The predicted octanol–water partition coefficient (Wildman–Crippen LogP) is 0.995. The third kappa shape index (κ3) is 3.21. The van der Waals surface area contributed by atoms with Crippen LogP contribution < -0.4 is 4.72 Å². The molecule has 1 aromatic carbocycles. The van der Waals surface area contributed by atoms with Crippen LogP contribution >= 0.6 is 23.2 Å². The van der Waals surface area contributed by atoms with Gasteiger partial charge in [0.15, 0.2) is 5.82 Å². The number of hydrogen-bond acceptors (Lipinski definition) is 5. The molecule has 2 rings (SSSR count). The van der Waals surface area contributed by atoms with Crippen molar-refractivity contribution in [1.29, 1.82) is 0 Å². The van der Waals surface area contributed by atoms with Crippen molar-refractivity contribution in [3.8, 4) is 0 Å². The largest absolute Gasteiger partial charge is 0.241 e. The van der Waals surface area contributed by atoms with Crippen LogP contribution in [0.3, 0.4) is 0 Å². The molecule has 0 aliphatic rings. The summed E-state index contributed by atoms with van der Waals surface area (Å²) in [5.41, 5.74) is 0. The van der Waals surface area contributed by atoms with Crippen molar-refractivity contribution >= 4 is 33.2 Å². The number of aromatic nitrogens is 4. The van der Waals surface area contributed by atoms with E-state index in [0.717, 1.165) is 0 Å². The van der Waals surface area contributed by atoms with E-state index < -0.39 is 10.0 Å². The van der Waals surface area contributed by atoms with Crippen molar-refractivity contribution in [1.82, 2.24) is 24.9 Å². The smallest absolute Gasteiger partial charge is 0.231 e. The molecule has 0 atom stereocenters. The highest BCUT2D eigenvalue weighted by Gasteiger charge is 2.16. The van der Waals surface area contributed by atoms with E-state index in [1.165, 1.54) is 22.9 Å². The Balaban J connectivity index is 2.18. The Hall–Kier alpha value is -1.22. The molecule has 0 fully saturated rings. The summed E-state index contributed by atoms with van der Waals surface area (Å²) in [6.07, 6.45) is 0. The van der Waals surface area contributed by atoms with Gasteiger partial charge >= 0.3 is 0 Å². The second kappa shape index (κ2) is 5.41. The first kappa shape index (κ1) is 14.2. The van der Waals surface area contributed by atoms with Crippen molar-refractivity contribution in [2.45, 2.75) is 11.4 Å². The Labute approximate surface area is 119 Å². The predicted molar refractivity (Wildman–Crippen MR) is 69.3 cm³/mol. The molecule has 1 aromatic heterocycles. The zero-order valence-electron chi connectivity index (χ0n) is 9.71. The summed E-state index contributed by atoms with van der Waals surface area (Å²) in [5, 5.41) is 11.1. The van der Waals surface area contributed by atoms with Gasteiger partial charge in [0.05, 0.1) is 21.5 Å². The molecule has 1 N–H and O–H groups in total. The third-order valence-corrected chi connectivity index (χ3v) is 4.47. The molecule has 0 unspecified atom stereocenters. The lowest BCUT2D eigenvalue weighted by Gasteiger charge is -2.06. The highest BCUT2D eigenvalue weighted by molar-refractivity contribution is 7.89. The van der Waals surface area contributed by atoms with E-state index in [4.69, 9.17) is 23.2 Å². The summed E-state index contributed by atoms with van der Waals surface area (Å²) in [5.74, 6) is 0.392. The summed E-state index contributed by atoms with van der Waals surface area (Å²) < 4.78 is 27.8. The number of benzene rings is 1. The highest BCUT2D eigenvalue weighted by Crippen LogP contribution is 2.24. The van der Waals surface area contributed by atoms with Crippen LogP contribution in [0.1, 0.15) is 5.82 Å². The number of aryl methyl sites for hydroxylation is 1. The molecule has 0 radical (unpaired) electrons. The molecule has 0 spiro atoms. The van der Waals surface area contributed by atoms with Gasteiger partial charge in [0.1, 0.15) is 0 Å². The zero-order chi connectivity index (χ0) is 14.0. The van der Waals surface area contributed by atoms with Gasteiger partial charge in [-0.2, -0.15) is 0 Å². The van der Waals surface area contributed by atoms with Crippen LogP contribution in [0.4, 0.5) is 0 Å². The fourth-order valence-electron chi connectivity index (χ4n) is 1.28. The van der Waals surface area contributed by atoms with Gasteiger partial charge in [-0.3, -0.25) is 0 Å². The minimum absolute atomic E-state index is 0.0217. The second-order valence-electron chi connectivity index (χ2n) is 3.62. The van der Waals surface area contributed by atoms with Crippen molar-refractivity contribution in [2.75, 3.05) is 0 Å². The minimum Gasteiger partial charge on any atom is -0.231 e. The average Bonchev–Trinajstić information content (AvgIpc) is 2.76. The SMILES string of the molecule is Cn1nnnc1CNS(=O)(=O)c1ccc(Cl)c(Cl)c1. The maximum absolute atomic E-state index is 12.0. The molecule has 0 aliphatic carbocycles. The van der Waals surface area contributed by atoms with E-state index in [2.05, 4.69) is 20.2 Å². The Morgan fingerprint density at radius 2 is 2.05 bits per heavy atom. The summed E-state index contributed by atoms with van der Waals surface area (Å²) in [4.78, 5) is 0.0250. The number of rotatable bonds is 4. The molecule has 19 heavy (non-hydrogen) atoms. The second-order valence-corrected chi connectivity index (χ2v) is 6.20. The van der Waals surface area contributed by atoms with Crippen LogP contribution in [0.15, 0.2) is 23.1 Å². The van der Waals surface area contributed by atoms with Crippen LogP contribution in [-0.2, 0) is 23.6 Å². The standard InChI is InChI=1S/C9H9Cl2N5O2S/c1-16-9(13-14-15-16)5-12-19(17,18)6-2-3-7(10)8(11)4-6/h2-4,12H,5H2,1H3. The van der Waals surface area contributed by atoms with Gasteiger partial charge in [0.2, 0.25) is 10.0 Å². The van der Waals surface area contributed by atoms with Gasteiger partial charge in [-0.1, -0.05) is 23.2 Å². The molecule has 10 heteroatoms. The lowest BCUT2D eigenvalue weighted by Crippen LogP contribution is -2.24. The molecular formula is C9H9Cl2N5O2S. The summed E-state index contributed by atoms with van der Waals surface area (Å²) in [7, 11) is -2.08. The fraction of sp³-hybridized carbons (Fsp3) is 0.222. The molecule has 0 saturated carbocycles. The quantitative estimate of drug-likeness (QED) is 0.907. The normalized spacial score (nSPS) is 11.7. The Kier molecular flexibility index (Phi) is 4.04. The first-order valence-corrected chi connectivity index (χ1v) is 7.30. The maximum Gasteiger partial charge on any atom is 0.241 e. The monoisotopic (exact) mass is 321 g/mol. The molecule has 7 nitrogen and oxygen atoms in total. The van der Waals surface area contributed by atoms with Crippen LogP contribution in [0.2, 0.25) is 10.0 Å². The number of nitrogens with one attached hydrogen (secondary N) is 1. The summed E-state index contributed by atoms with van der Waals surface area (Å²) in [6.45, 7) is -0.0217. The van der Waals surface area contributed by atoms with E-state index in [9.17, 15) is 8.42 Å². The molecular weight excluding hydrogens is 313 g/mol. The Morgan fingerprint density at radius 1 is 1.32 bits per heavy atom. The number of halogens is 2. The fourth-order valence-corrected chi connectivity index (χ4v) is 2.65. The van der Waals surface area contributed by atoms with E-state index in [1.54, 1.807) is 7.05 Å². The average molecular weight is 322 g/mol. The van der Waals surface area contributed by atoms with E-state index in [-0.39, 0.29) is 21.5 Å². The van der Waals surface area contributed by atoms with E-state index >= 15 is 0 Å². The molecule has 0 aliphatic heterocycles. The lowest BCUT2D eigenvalue weighted by molar-refractivity contribution is 0.575. The zero-order valence-corrected chi connectivity index (χ0v) is 12.0. The highest BCUT2D eigenvalue weighted by atomic mass is 35.5. The Bertz CT molecular complexity index is 700. The summed E-state index contributed by atoms with van der Waals surface area (Å²) >= 11 is 11.5. The molecule has 1 heterocycles. The topological polar surface area (TPSA) is 89.8 Å². The first-order valence-electron chi connectivity index (χ1n) is 5.06. The lowest BCUT2D eigenvalue weighted by atomic mass is 10.4. The van der Waals surface area contributed by atoms with Gasteiger partial charge in [-0.05, 0) is 28.6 Å². The summed E-state index contributed by atoms with van der Waals surface area (Å²) in [6, 6.07) is 4.06. The van der Waals surface area contributed by atoms with Gasteiger partial charge in [-0.25, -0.2) is 17.8 Å². The van der Waals surface area contributed by atoms with Crippen molar-refractivity contribution < 1.29 is 8.42 Å². The van der Waals surface area contributed by atoms with Crippen molar-refractivity contribution in [3.05, 3.63) is 34.1 Å². The number of hydrogen-bond donors (Lipinski definition) is 1. The van der Waals surface area contributed by atoms with Crippen LogP contribution in [0, 0.1) is 0 Å². The third-order valence-electron chi connectivity index (χ3n) is 2.33. The molecule has 0 bridgehead atoms. The van der Waals surface area contributed by atoms with Crippen molar-refractivity contribution in [3.63, 3.8) is 0 Å². The molecule has 0 amide bonds. The van der Waals surface area contributed by atoms with Crippen LogP contribution in [-0.4, -0.2) is 28.6 Å². The van der Waals surface area contributed by atoms with Gasteiger partial charge in [0.25, 0.3) is 0 Å². The van der Waals surface area contributed by atoms with E-state index in [1.807, 2.05) is 0 Å². The van der Waals surface area contributed by atoms with Crippen LogP contribution in [0.5, 0.6) is 0 Å². The number of tetrazole rings is 1. The minimum atomic E-state index is -3.69. The molecule has 0 saturated heterocycles. The molecule has 2 aromatic rings. The first-order chi connectivity index (χ1) is 8.90. The maximum atomic E-state index is 12.0. The van der Waals surface area contributed by atoms with Crippen LogP contribution in [0.25, 0.3) is 0 Å². The Morgan fingerprint density at radius 3 is 2.63 bits per heavy atom. The van der Waals surface area contributed by atoms with Gasteiger partial charge in [-0.15, -0.1) is 5.10 Å².